The molecule has 1 unspecified atom stereocenters. The molecular formula is C16H19ClN2O2S. The van der Waals surface area contributed by atoms with Crippen LogP contribution in [0.3, 0.4) is 0 Å². The fraction of sp³-hybridized carbons (Fsp3) is 0.500. The fourth-order valence-electron chi connectivity index (χ4n) is 3.15. The van der Waals surface area contributed by atoms with Gasteiger partial charge in [0.1, 0.15) is 0 Å². The Morgan fingerprint density at radius 2 is 2.41 bits per heavy atom. The summed E-state index contributed by atoms with van der Waals surface area (Å²) in [6.45, 7) is 4.79. The van der Waals surface area contributed by atoms with Crippen molar-refractivity contribution in [1.29, 1.82) is 0 Å². The highest BCUT2D eigenvalue weighted by Crippen LogP contribution is 2.35. The van der Waals surface area contributed by atoms with Crippen molar-refractivity contribution >= 4 is 28.8 Å². The molecule has 3 heterocycles. The molecule has 0 bridgehead atoms. The van der Waals surface area contributed by atoms with E-state index in [1.165, 1.54) is 10.4 Å². The number of hydrogen-bond donors (Lipinski definition) is 0. The fourth-order valence-corrected chi connectivity index (χ4v) is 4.34. The molecular weight excluding hydrogens is 320 g/mol. The van der Waals surface area contributed by atoms with E-state index in [0.29, 0.717) is 18.1 Å². The first-order valence-electron chi connectivity index (χ1n) is 7.58. The van der Waals surface area contributed by atoms with Crippen LogP contribution in [0.5, 0.6) is 0 Å². The second kappa shape index (κ2) is 6.42. The van der Waals surface area contributed by atoms with Crippen LogP contribution in [0.25, 0.3) is 0 Å². The van der Waals surface area contributed by atoms with Crippen molar-refractivity contribution in [2.75, 3.05) is 6.54 Å². The van der Waals surface area contributed by atoms with Crippen LogP contribution in [0.4, 0.5) is 0 Å². The second-order valence-electron chi connectivity index (χ2n) is 5.58. The van der Waals surface area contributed by atoms with Crippen molar-refractivity contribution in [2.24, 2.45) is 0 Å². The summed E-state index contributed by atoms with van der Waals surface area (Å²) in [6.07, 6.45) is 2.93. The van der Waals surface area contributed by atoms with Crippen molar-refractivity contribution in [3.8, 4) is 0 Å². The molecule has 0 saturated carbocycles. The van der Waals surface area contributed by atoms with Crippen LogP contribution < -0.4 is 0 Å². The first-order chi connectivity index (χ1) is 10.6. The van der Waals surface area contributed by atoms with Crippen LogP contribution in [0.1, 0.15) is 47.5 Å². The van der Waals surface area contributed by atoms with Crippen LogP contribution in [-0.2, 0) is 17.6 Å². The lowest BCUT2D eigenvalue weighted by molar-refractivity contribution is -0.134. The van der Waals surface area contributed by atoms with Gasteiger partial charge in [0.15, 0.2) is 0 Å². The molecule has 118 valence electrons. The minimum absolute atomic E-state index is 0.181. The van der Waals surface area contributed by atoms with E-state index in [1.807, 2.05) is 11.8 Å². The summed E-state index contributed by atoms with van der Waals surface area (Å²) in [5.41, 5.74) is 2.94. The zero-order valence-corrected chi connectivity index (χ0v) is 14.3. The predicted octanol–water partition coefficient (Wildman–Crippen LogP) is 4.17. The molecule has 0 N–H and O–H groups in total. The summed E-state index contributed by atoms with van der Waals surface area (Å²) >= 11 is 7.77. The molecule has 1 aliphatic heterocycles. The van der Waals surface area contributed by atoms with Gasteiger partial charge >= 0.3 is 0 Å². The third-order valence-electron chi connectivity index (χ3n) is 4.33. The first-order valence-corrected chi connectivity index (χ1v) is 8.84. The maximum atomic E-state index is 12.7. The Kier molecular flexibility index (Phi) is 4.54. The van der Waals surface area contributed by atoms with Crippen LogP contribution in [0.15, 0.2) is 16.0 Å². The number of rotatable bonds is 4. The predicted molar refractivity (Wildman–Crippen MR) is 87.3 cm³/mol. The number of hydrogen-bond acceptors (Lipinski definition) is 4. The monoisotopic (exact) mass is 338 g/mol. The van der Waals surface area contributed by atoms with E-state index in [-0.39, 0.29) is 11.9 Å². The third kappa shape index (κ3) is 2.79. The molecule has 2 aromatic heterocycles. The number of carbonyl (C=O) groups is 1. The molecule has 0 aromatic carbocycles. The Bertz CT molecular complexity index is 660. The number of aromatic nitrogens is 1. The minimum atomic E-state index is 0.181. The summed E-state index contributed by atoms with van der Waals surface area (Å²) in [4.78, 5) is 16.1. The molecule has 2 aromatic rings. The molecule has 1 atom stereocenters. The average Bonchev–Trinajstić information content (AvgIpc) is 3.11. The molecule has 4 nitrogen and oxygen atoms in total. The van der Waals surface area contributed by atoms with Gasteiger partial charge in [0.05, 0.1) is 11.7 Å². The molecule has 22 heavy (non-hydrogen) atoms. The number of amides is 1. The zero-order chi connectivity index (χ0) is 15.7. The molecule has 0 aliphatic carbocycles. The molecule has 0 fully saturated rings. The van der Waals surface area contributed by atoms with Crippen LogP contribution in [0, 0.1) is 6.92 Å². The van der Waals surface area contributed by atoms with E-state index < -0.39 is 0 Å². The molecule has 0 spiro atoms. The lowest BCUT2D eigenvalue weighted by Crippen LogP contribution is -2.39. The topological polar surface area (TPSA) is 46.3 Å². The third-order valence-corrected chi connectivity index (χ3v) is 5.62. The highest BCUT2D eigenvalue weighted by Gasteiger charge is 2.30. The quantitative estimate of drug-likeness (QED) is 0.840. The second-order valence-corrected chi connectivity index (χ2v) is 6.92. The maximum Gasteiger partial charge on any atom is 0.229 e. The zero-order valence-electron chi connectivity index (χ0n) is 12.8. The normalized spacial score (nSPS) is 17.6. The Morgan fingerprint density at radius 1 is 1.59 bits per heavy atom. The smallest absolute Gasteiger partial charge is 0.229 e. The summed E-state index contributed by atoms with van der Waals surface area (Å²) < 4.78 is 4.94. The summed E-state index contributed by atoms with van der Waals surface area (Å²) in [7, 11) is 0. The van der Waals surface area contributed by atoms with Gasteiger partial charge in [-0.1, -0.05) is 12.1 Å². The number of halogens is 1. The van der Waals surface area contributed by atoms with Crippen molar-refractivity contribution in [1.82, 2.24) is 10.1 Å². The molecule has 3 rings (SSSR count). The van der Waals surface area contributed by atoms with Gasteiger partial charge in [-0.2, -0.15) is 0 Å². The van der Waals surface area contributed by atoms with Crippen molar-refractivity contribution in [2.45, 2.75) is 45.6 Å². The lowest BCUT2D eigenvalue weighted by Gasteiger charge is -2.35. The van der Waals surface area contributed by atoms with Gasteiger partial charge in [-0.25, -0.2) is 0 Å². The van der Waals surface area contributed by atoms with Crippen LogP contribution in [0.2, 0.25) is 5.22 Å². The maximum absolute atomic E-state index is 12.7. The number of fused-ring (bicyclic) bond motifs is 1. The van der Waals surface area contributed by atoms with Gasteiger partial charge in [0, 0.05) is 23.4 Å². The highest BCUT2D eigenvalue weighted by molar-refractivity contribution is 7.10. The van der Waals surface area contributed by atoms with Gasteiger partial charge in [0.2, 0.25) is 11.1 Å². The Labute approximate surface area is 139 Å². The summed E-state index contributed by atoms with van der Waals surface area (Å²) in [6, 6.07) is 2.37. The van der Waals surface area contributed by atoms with Gasteiger partial charge in [0.25, 0.3) is 0 Å². The van der Waals surface area contributed by atoms with Gasteiger partial charge in [-0.15, -0.1) is 11.3 Å². The van der Waals surface area contributed by atoms with Crippen molar-refractivity contribution < 1.29 is 9.32 Å². The minimum Gasteiger partial charge on any atom is -0.344 e. The van der Waals surface area contributed by atoms with Gasteiger partial charge in [-0.05, 0) is 54.8 Å². The van der Waals surface area contributed by atoms with E-state index in [1.54, 1.807) is 11.3 Å². The number of thiophene rings is 1. The van der Waals surface area contributed by atoms with E-state index in [0.717, 1.165) is 30.6 Å². The number of nitrogens with zero attached hydrogens (tertiary/aromatic N) is 2. The molecule has 6 heteroatoms. The van der Waals surface area contributed by atoms with E-state index in [4.69, 9.17) is 16.1 Å². The first kappa shape index (κ1) is 15.6. The van der Waals surface area contributed by atoms with Crippen molar-refractivity contribution in [3.63, 3.8) is 0 Å². The largest absolute Gasteiger partial charge is 0.344 e. The molecule has 0 saturated heterocycles. The van der Waals surface area contributed by atoms with Crippen LogP contribution in [-0.4, -0.2) is 22.5 Å². The average molecular weight is 339 g/mol. The number of aryl methyl sites for hydroxylation is 1. The van der Waals surface area contributed by atoms with E-state index in [9.17, 15) is 4.79 Å². The molecule has 1 amide bonds. The molecule has 1 aliphatic rings. The Balaban J connectivity index is 1.70. The van der Waals surface area contributed by atoms with Gasteiger partial charge < -0.3 is 9.42 Å². The van der Waals surface area contributed by atoms with Crippen molar-refractivity contribution in [3.05, 3.63) is 38.4 Å². The molecule has 0 radical (unpaired) electrons. The summed E-state index contributed by atoms with van der Waals surface area (Å²) in [5, 5.41) is 6.26. The Morgan fingerprint density at radius 3 is 3.09 bits per heavy atom. The Hall–Kier alpha value is -1.33. The highest BCUT2D eigenvalue weighted by atomic mass is 35.5. The summed E-state index contributed by atoms with van der Waals surface area (Å²) in [5.74, 6) is 0.181. The van der Waals surface area contributed by atoms with Crippen LogP contribution >= 0.6 is 22.9 Å². The van der Waals surface area contributed by atoms with E-state index in [2.05, 4.69) is 23.5 Å². The van der Waals surface area contributed by atoms with E-state index >= 15 is 0 Å². The standard InChI is InChI=1S/C16H19ClN2O2S/c1-3-13-12-7-9-22-14(12)6-8-19(13)15(20)5-4-11-10(2)18-21-16(11)17/h7,9,13H,3-6,8H2,1-2H3. The lowest BCUT2D eigenvalue weighted by atomic mass is 9.97. The van der Waals surface area contributed by atoms with Gasteiger partial charge in [-0.3, -0.25) is 4.79 Å². The number of carbonyl (C=O) groups excluding carboxylic acids is 1. The SMILES string of the molecule is CCC1c2ccsc2CCN1C(=O)CCc1c(C)noc1Cl.